The predicted molar refractivity (Wildman–Crippen MR) is 92.9 cm³/mol. The van der Waals surface area contributed by atoms with Crippen LogP contribution in [0.15, 0.2) is 54.2 Å². The summed E-state index contributed by atoms with van der Waals surface area (Å²) in [5.41, 5.74) is 2.62. The maximum Gasteiger partial charge on any atom is 0.286 e. The topological polar surface area (TPSA) is 67.8 Å². The highest BCUT2D eigenvalue weighted by Gasteiger charge is 2.14. The SMILES string of the molecule is O=C(Nc1nc(-c2ccncc2)cs1)c1nc2ccccc2s1. The Bertz CT molecular complexity index is 945. The van der Waals surface area contributed by atoms with Gasteiger partial charge in [-0.15, -0.1) is 22.7 Å². The Morgan fingerprint density at radius 1 is 1.04 bits per heavy atom. The molecular weight excluding hydrogens is 328 g/mol. The molecule has 0 spiro atoms. The van der Waals surface area contributed by atoms with Gasteiger partial charge in [-0.2, -0.15) is 0 Å². The van der Waals surface area contributed by atoms with Crippen LogP contribution in [0, 0.1) is 0 Å². The van der Waals surface area contributed by atoms with Crippen LogP contribution >= 0.6 is 22.7 Å². The fraction of sp³-hybridized carbons (Fsp3) is 0. The van der Waals surface area contributed by atoms with Crippen LogP contribution in [0.4, 0.5) is 5.13 Å². The fourth-order valence-corrected chi connectivity index (χ4v) is 3.68. The molecule has 0 unspecified atom stereocenters. The van der Waals surface area contributed by atoms with Crippen molar-refractivity contribution in [1.82, 2.24) is 15.0 Å². The standard InChI is InChI=1S/C16H10N4OS2/c21-14(15-18-11-3-1-2-4-13(11)23-15)20-16-19-12(9-22-16)10-5-7-17-8-6-10/h1-9H,(H,19,20,21). The molecule has 1 amide bonds. The molecule has 112 valence electrons. The molecule has 5 nitrogen and oxygen atoms in total. The summed E-state index contributed by atoms with van der Waals surface area (Å²) >= 11 is 2.76. The lowest BCUT2D eigenvalue weighted by molar-refractivity contribution is 0.102. The highest BCUT2D eigenvalue weighted by molar-refractivity contribution is 7.20. The van der Waals surface area contributed by atoms with Gasteiger partial charge in [0.25, 0.3) is 5.91 Å². The molecule has 0 aliphatic heterocycles. The molecule has 0 fully saturated rings. The number of hydrogen-bond donors (Lipinski definition) is 1. The van der Waals surface area contributed by atoms with Crippen molar-refractivity contribution in [1.29, 1.82) is 0 Å². The number of carbonyl (C=O) groups excluding carboxylic acids is 1. The van der Waals surface area contributed by atoms with E-state index in [2.05, 4.69) is 20.3 Å². The Morgan fingerprint density at radius 3 is 2.70 bits per heavy atom. The summed E-state index contributed by atoms with van der Waals surface area (Å²) in [6, 6.07) is 11.5. The van der Waals surface area contributed by atoms with Crippen molar-refractivity contribution < 1.29 is 4.79 Å². The van der Waals surface area contributed by atoms with Crippen molar-refractivity contribution in [2.24, 2.45) is 0 Å². The number of thiazole rings is 2. The minimum absolute atomic E-state index is 0.234. The number of nitrogens with one attached hydrogen (secondary N) is 1. The van der Waals surface area contributed by atoms with Crippen LogP contribution in [-0.2, 0) is 0 Å². The zero-order valence-electron chi connectivity index (χ0n) is 11.8. The van der Waals surface area contributed by atoms with Crippen LogP contribution in [0.1, 0.15) is 9.80 Å². The van der Waals surface area contributed by atoms with Gasteiger partial charge in [0.15, 0.2) is 10.1 Å². The van der Waals surface area contributed by atoms with Gasteiger partial charge in [0.05, 0.1) is 15.9 Å². The predicted octanol–water partition coefficient (Wildman–Crippen LogP) is 4.07. The Balaban J connectivity index is 1.56. The average molecular weight is 338 g/mol. The quantitative estimate of drug-likeness (QED) is 0.611. The smallest absolute Gasteiger partial charge is 0.286 e. The van der Waals surface area contributed by atoms with E-state index in [9.17, 15) is 4.79 Å². The lowest BCUT2D eigenvalue weighted by Gasteiger charge is -1.97. The summed E-state index contributed by atoms with van der Waals surface area (Å²) in [5, 5.41) is 5.71. The maximum atomic E-state index is 12.3. The zero-order chi connectivity index (χ0) is 15.6. The molecule has 3 aromatic heterocycles. The molecule has 1 N–H and O–H groups in total. The summed E-state index contributed by atoms with van der Waals surface area (Å²) in [7, 11) is 0. The molecule has 4 aromatic rings. The summed E-state index contributed by atoms with van der Waals surface area (Å²) in [6.07, 6.45) is 3.43. The molecular formula is C16H10N4OS2. The summed E-state index contributed by atoms with van der Waals surface area (Å²) < 4.78 is 0.995. The lowest BCUT2D eigenvalue weighted by Crippen LogP contribution is -2.11. The van der Waals surface area contributed by atoms with Crippen LogP contribution in [0.25, 0.3) is 21.5 Å². The second-order valence-corrected chi connectivity index (χ2v) is 6.60. The zero-order valence-corrected chi connectivity index (χ0v) is 13.4. The summed E-state index contributed by atoms with van der Waals surface area (Å²) in [4.78, 5) is 25.1. The van der Waals surface area contributed by atoms with Gasteiger partial charge >= 0.3 is 0 Å². The summed E-state index contributed by atoms with van der Waals surface area (Å²) in [5.74, 6) is -0.234. The second kappa shape index (κ2) is 5.86. The van der Waals surface area contributed by atoms with E-state index in [0.717, 1.165) is 21.5 Å². The average Bonchev–Trinajstić information content (AvgIpc) is 3.22. The lowest BCUT2D eigenvalue weighted by atomic mass is 10.2. The molecule has 0 radical (unpaired) electrons. The van der Waals surface area contributed by atoms with Crippen molar-refractivity contribution in [3.8, 4) is 11.3 Å². The number of benzene rings is 1. The molecule has 3 heterocycles. The van der Waals surface area contributed by atoms with Crippen molar-refractivity contribution in [2.45, 2.75) is 0 Å². The summed E-state index contributed by atoms with van der Waals surface area (Å²) in [6.45, 7) is 0. The number of carbonyl (C=O) groups is 1. The van der Waals surface area contributed by atoms with Crippen molar-refractivity contribution in [2.75, 3.05) is 5.32 Å². The van der Waals surface area contributed by atoms with E-state index in [1.807, 2.05) is 41.8 Å². The van der Waals surface area contributed by atoms with Crippen LogP contribution < -0.4 is 5.32 Å². The molecule has 0 saturated heterocycles. The van der Waals surface area contributed by atoms with E-state index in [-0.39, 0.29) is 5.91 Å². The minimum atomic E-state index is -0.234. The molecule has 0 aliphatic carbocycles. The number of rotatable bonds is 3. The maximum absolute atomic E-state index is 12.3. The van der Waals surface area contributed by atoms with Gasteiger partial charge in [-0.25, -0.2) is 9.97 Å². The van der Waals surface area contributed by atoms with Gasteiger partial charge in [0, 0.05) is 23.3 Å². The normalized spacial score (nSPS) is 10.8. The Hall–Kier alpha value is -2.64. The molecule has 0 atom stereocenters. The number of pyridine rings is 1. The number of hydrogen-bond acceptors (Lipinski definition) is 6. The molecule has 1 aromatic carbocycles. The Morgan fingerprint density at radius 2 is 1.87 bits per heavy atom. The van der Waals surface area contributed by atoms with Crippen LogP contribution in [0.3, 0.4) is 0 Å². The van der Waals surface area contributed by atoms with Crippen molar-refractivity contribution in [3.05, 3.63) is 59.2 Å². The van der Waals surface area contributed by atoms with Gasteiger partial charge in [0.2, 0.25) is 0 Å². The number of anilines is 1. The van der Waals surface area contributed by atoms with E-state index in [1.165, 1.54) is 22.7 Å². The number of para-hydroxylation sites is 1. The molecule has 7 heteroatoms. The number of aromatic nitrogens is 3. The van der Waals surface area contributed by atoms with Crippen LogP contribution in [0.2, 0.25) is 0 Å². The highest BCUT2D eigenvalue weighted by atomic mass is 32.1. The van der Waals surface area contributed by atoms with E-state index >= 15 is 0 Å². The highest BCUT2D eigenvalue weighted by Crippen LogP contribution is 2.26. The van der Waals surface area contributed by atoms with Gasteiger partial charge in [-0.05, 0) is 24.3 Å². The van der Waals surface area contributed by atoms with E-state index in [4.69, 9.17) is 0 Å². The molecule has 4 rings (SSSR count). The van der Waals surface area contributed by atoms with Gasteiger partial charge < -0.3 is 0 Å². The molecule has 0 bridgehead atoms. The first-order chi connectivity index (χ1) is 11.3. The Labute approximate surface area is 139 Å². The molecule has 23 heavy (non-hydrogen) atoms. The fourth-order valence-electron chi connectivity index (χ4n) is 2.11. The third-order valence-electron chi connectivity index (χ3n) is 3.19. The van der Waals surface area contributed by atoms with E-state index < -0.39 is 0 Å². The first-order valence-electron chi connectivity index (χ1n) is 6.82. The second-order valence-electron chi connectivity index (χ2n) is 4.71. The third kappa shape index (κ3) is 2.84. The largest absolute Gasteiger partial charge is 0.296 e. The van der Waals surface area contributed by atoms with Gasteiger partial charge in [-0.1, -0.05) is 12.1 Å². The molecule has 0 saturated carbocycles. The van der Waals surface area contributed by atoms with E-state index in [0.29, 0.717) is 10.1 Å². The first-order valence-corrected chi connectivity index (χ1v) is 8.52. The monoisotopic (exact) mass is 338 g/mol. The van der Waals surface area contributed by atoms with Crippen LogP contribution in [-0.4, -0.2) is 20.9 Å². The minimum Gasteiger partial charge on any atom is -0.296 e. The number of amides is 1. The van der Waals surface area contributed by atoms with Crippen molar-refractivity contribution in [3.63, 3.8) is 0 Å². The first kappa shape index (κ1) is 14.0. The van der Waals surface area contributed by atoms with Gasteiger partial charge in [0.1, 0.15) is 0 Å². The van der Waals surface area contributed by atoms with E-state index in [1.54, 1.807) is 12.4 Å². The van der Waals surface area contributed by atoms with Crippen molar-refractivity contribution >= 4 is 43.9 Å². The number of fused-ring (bicyclic) bond motifs is 1. The molecule has 0 aliphatic rings. The Kier molecular flexibility index (Phi) is 3.57. The third-order valence-corrected chi connectivity index (χ3v) is 4.98. The number of nitrogens with zero attached hydrogens (tertiary/aromatic N) is 3. The van der Waals surface area contributed by atoms with Crippen LogP contribution in [0.5, 0.6) is 0 Å². The van der Waals surface area contributed by atoms with Gasteiger partial charge in [-0.3, -0.25) is 15.1 Å².